The zero-order chi connectivity index (χ0) is 27.9. The number of hydrogen-bond donors (Lipinski definition) is 1. The summed E-state index contributed by atoms with van der Waals surface area (Å²) >= 11 is 6.01. The first-order valence-electron chi connectivity index (χ1n) is 12.3. The molecule has 1 N–H and O–H groups in total. The second-order valence-corrected chi connectivity index (χ2v) is 10.8. The highest BCUT2D eigenvalue weighted by Gasteiger charge is 2.54. The van der Waals surface area contributed by atoms with Gasteiger partial charge in [-0.25, -0.2) is 37.9 Å². The first-order valence-corrected chi connectivity index (χ1v) is 12.7. The fourth-order valence-corrected chi connectivity index (χ4v) is 4.65. The molecule has 2 aromatic heterocycles. The van der Waals surface area contributed by atoms with Crippen molar-refractivity contribution in [3.05, 3.63) is 35.5 Å². The molecule has 14 heteroatoms. The highest BCUT2D eigenvalue weighted by Crippen LogP contribution is 2.45. The average molecular weight is 566 g/mol. The topological polar surface area (TPSA) is 106 Å². The number of amides is 1. The summed E-state index contributed by atoms with van der Waals surface area (Å²) in [4.78, 5) is 34.1. The Labute approximate surface area is 227 Å². The number of nitrogens with one attached hydrogen (secondary N) is 1. The second kappa shape index (κ2) is 10.2. The van der Waals surface area contributed by atoms with E-state index in [1.165, 1.54) is 18.5 Å². The summed E-state index contributed by atoms with van der Waals surface area (Å²) in [5.41, 5.74) is -0.199. The van der Waals surface area contributed by atoms with Crippen LogP contribution in [0.25, 0.3) is 11.0 Å². The van der Waals surface area contributed by atoms with Crippen molar-refractivity contribution in [3.8, 4) is 5.75 Å². The van der Waals surface area contributed by atoms with Gasteiger partial charge in [-0.05, 0) is 45.7 Å². The highest BCUT2D eigenvalue weighted by molar-refractivity contribution is 6.32. The molecule has 0 bridgehead atoms. The fraction of sp³-hybridized carbons (Fsp3) is 0.480. The van der Waals surface area contributed by atoms with Crippen LogP contribution in [-0.2, 0) is 4.74 Å². The van der Waals surface area contributed by atoms with E-state index in [1.807, 2.05) is 25.7 Å². The lowest BCUT2D eigenvalue weighted by Gasteiger charge is -2.42. The van der Waals surface area contributed by atoms with E-state index in [9.17, 15) is 18.0 Å². The molecule has 39 heavy (non-hydrogen) atoms. The van der Waals surface area contributed by atoms with Crippen LogP contribution >= 0.6 is 11.6 Å². The second-order valence-electron chi connectivity index (χ2n) is 10.5. The summed E-state index contributed by atoms with van der Waals surface area (Å²) in [5, 5.41) is 2.42. The zero-order valence-electron chi connectivity index (χ0n) is 21.5. The van der Waals surface area contributed by atoms with Crippen molar-refractivity contribution < 1.29 is 27.4 Å². The first-order chi connectivity index (χ1) is 18.5. The largest absolute Gasteiger partial charge is 0.486 e. The summed E-state index contributed by atoms with van der Waals surface area (Å²) in [6, 6.07) is 2.60. The van der Waals surface area contributed by atoms with E-state index in [1.54, 1.807) is 11.1 Å². The van der Waals surface area contributed by atoms with Gasteiger partial charge < -0.3 is 19.7 Å². The summed E-state index contributed by atoms with van der Waals surface area (Å²) in [7, 11) is 0. The van der Waals surface area contributed by atoms with Gasteiger partial charge in [-0.3, -0.25) is 4.90 Å². The number of anilines is 3. The van der Waals surface area contributed by atoms with E-state index in [0.717, 1.165) is 12.8 Å². The summed E-state index contributed by atoms with van der Waals surface area (Å²) in [6.07, 6.45) is 1.48. The quantitative estimate of drug-likeness (QED) is 0.432. The summed E-state index contributed by atoms with van der Waals surface area (Å²) in [6.45, 7) is 6.10. The Kier molecular flexibility index (Phi) is 7.04. The minimum Gasteiger partial charge on any atom is -0.486 e. The molecule has 1 aliphatic heterocycles. The number of carbonyl (C=O) groups excluding carboxylic acids is 1. The maximum absolute atomic E-state index is 15.0. The van der Waals surface area contributed by atoms with E-state index >= 15 is 0 Å². The van der Waals surface area contributed by atoms with E-state index in [4.69, 9.17) is 21.1 Å². The van der Waals surface area contributed by atoms with Crippen LogP contribution in [0.4, 0.5) is 35.4 Å². The Morgan fingerprint density at radius 2 is 1.97 bits per heavy atom. The molecule has 2 fully saturated rings. The number of hydrogen-bond acceptors (Lipinski definition) is 9. The number of carbonyl (C=O) groups is 1. The van der Waals surface area contributed by atoms with Crippen LogP contribution in [0.3, 0.4) is 0 Å². The Bertz CT molecular complexity index is 1400. The molecule has 0 unspecified atom stereocenters. The van der Waals surface area contributed by atoms with Crippen molar-refractivity contribution in [3.63, 3.8) is 0 Å². The lowest BCUT2D eigenvalue weighted by molar-refractivity contribution is 0.0105. The molecule has 1 aliphatic carbocycles. The van der Waals surface area contributed by atoms with Gasteiger partial charge in [-0.15, -0.1) is 0 Å². The van der Waals surface area contributed by atoms with Crippen molar-refractivity contribution >= 4 is 46.2 Å². The van der Waals surface area contributed by atoms with E-state index in [-0.39, 0.29) is 28.9 Å². The van der Waals surface area contributed by atoms with Crippen LogP contribution in [0.5, 0.6) is 5.75 Å². The van der Waals surface area contributed by atoms with Gasteiger partial charge in [0.1, 0.15) is 40.3 Å². The smallest absolute Gasteiger partial charge is 0.410 e. The minimum atomic E-state index is -2.72. The molecular weight excluding hydrogens is 539 g/mol. The molecule has 3 aromatic rings. The van der Waals surface area contributed by atoms with Gasteiger partial charge in [-0.1, -0.05) is 11.6 Å². The third-order valence-electron chi connectivity index (χ3n) is 6.40. The van der Waals surface area contributed by atoms with Crippen molar-refractivity contribution in [1.82, 2.24) is 24.8 Å². The summed E-state index contributed by atoms with van der Waals surface area (Å²) < 4.78 is 50.4. The third kappa shape index (κ3) is 5.72. The van der Waals surface area contributed by atoms with Crippen LogP contribution in [0.15, 0.2) is 24.7 Å². The molecule has 1 aromatic carbocycles. The third-order valence-corrected chi connectivity index (χ3v) is 6.76. The monoisotopic (exact) mass is 565 g/mol. The highest BCUT2D eigenvalue weighted by atomic mass is 35.5. The van der Waals surface area contributed by atoms with Gasteiger partial charge >= 0.3 is 6.09 Å². The van der Waals surface area contributed by atoms with E-state index in [2.05, 4.69) is 25.3 Å². The number of benzene rings is 1. The Hall–Kier alpha value is -3.61. The van der Waals surface area contributed by atoms with Gasteiger partial charge in [-0.2, -0.15) is 0 Å². The van der Waals surface area contributed by atoms with Crippen molar-refractivity contribution in [1.29, 1.82) is 0 Å². The van der Waals surface area contributed by atoms with Crippen molar-refractivity contribution in [2.24, 2.45) is 0 Å². The van der Waals surface area contributed by atoms with Crippen LogP contribution in [0, 0.1) is 5.82 Å². The molecule has 3 heterocycles. The van der Waals surface area contributed by atoms with Crippen LogP contribution in [-0.4, -0.2) is 74.7 Å². The number of nitrogens with zero attached hydrogens (tertiary/aromatic N) is 6. The molecule has 208 valence electrons. The molecule has 2 aliphatic rings. The number of alkyl halides is 2. The Morgan fingerprint density at radius 1 is 1.21 bits per heavy atom. The lowest BCUT2D eigenvalue weighted by atomic mass is 10.1. The number of rotatable bonds is 6. The molecule has 5 rings (SSSR count). The molecule has 1 saturated heterocycles. The molecule has 10 nitrogen and oxygen atoms in total. The number of halogens is 4. The van der Waals surface area contributed by atoms with Crippen LogP contribution in [0.1, 0.15) is 33.6 Å². The predicted octanol–water partition coefficient (Wildman–Crippen LogP) is 5.19. The van der Waals surface area contributed by atoms with Gasteiger partial charge in [0.15, 0.2) is 11.6 Å². The number of aromatic nitrogens is 4. The maximum atomic E-state index is 15.0. The van der Waals surface area contributed by atoms with Gasteiger partial charge in [0, 0.05) is 19.6 Å². The van der Waals surface area contributed by atoms with Crippen LogP contribution < -0.4 is 15.0 Å². The van der Waals surface area contributed by atoms with E-state index in [0.29, 0.717) is 36.6 Å². The normalized spacial score (nSPS) is 16.6. The minimum absolute atomic E-state index is 0.0486. The van der Waals surface area contributed by atoms with Crippen LogP contribution in [0.2, 0.25) is 5.02 Å². The van der Waals surface area contributed by atoms with Crippen molar-refractivity contribution in [2.45, 2.75) is 51.2 Å². The van der Waals surface area contributed by atoms with Gasteiger partial charge in [0.05, 0.1) is 17.4 Å². The molecule has 1 saturated carbocycles. The fourth-order valence-electron chi connectivity index (χ4n) is 4.43. The molecule has 1 spiro atoms. The summed E-state index contributed by atoms with van der Waals surface area (Å²) in [5.74, 6) is -0.465. The average Bonchev–Trinajstić information content (AvgIpc) is 3.63. The number of fused-ring (bicyclic) bond motifs is 1. The SMILES string of the molecule is CC(C)(C)OC(=O)N1CCN(c2ncc3ncnc(Nc4ccc(OCC(F)F)c(Cl)c4F)c3n2)CC12CC2. The molecule has 0 radical (unpaired) electrons. The predicted molar refractivity (Wildman–Crippen MR) is 138 cm³/mol. The van der Waals surface area contributed by atoms with Crippen molar-refractivity contribution in [2.75, 3.05) is 36.5 Å². The zero-order valence-corrected chi connectivity index (χ0v) is 22.3. The standard InChI is InChI=1S/C25H27ClF3N7O3/c1-24(2,3)39-23(37)36-9-8-35(12-25(36)6-7-25)22-30-10-15-20(34-22)21(32-13-31-15)33-14-4-5-16(18(26)19(14)29)38-11-17(27)28/h4-5,10,13,17H,6-9,11-12H2,1-3H3,(H,31,32,33). The van der Waals surface area contributed by atoms with Gasteiger partial charge in [0.25, 0.3) is 6.43 Å². The maximum Gasteiger partial charge on any atom is 0.410 e. The number of ether oxygens (including phenoxy) is 2. The molecular formula is C25H27ClF3N7O3. The Morgan fingerprint density at radius 3 is 2.67 bits per heavy atom. The van der Waals surface area contributed by atoms with E-state index < -0.39 is 29.5 Å². The first kappa shape index (κ1) is 27.0. The Balaban J connectivity index is 1.37. The molecule has 0 atom stereocenters. The molecule has 1 amide bonds. The van der Waals surface area contributed by atoms with Gasteiger partial charge in [0.2, 0.25) is 5.95 Å². The lowest BCUT2D eigenvalue weighted by Crippen LogP contribution is -2.58. The number of piperazine rings is 1.